The predicted molar refractivity (Wildman–Crippen MR) is 55.7 cm³/mol. The van der Waals surface area contributed by atoms with Crippen LogP contribution in [0.25, 0.3) is 0 Å². The topological polar surface area (TPSA) is 40.5 Å². The van der Waals surface area contributed by atoms with E-state index in [9.17, 15) is 10.2 Å². The van der Waals surface area contributed by atoms with Crippen molar-refractivity contribution in [2.45, 2.75) is 25.9 Å². The van der Waals surface area contributed by atoms with Crippen molar-refractivity contribution in [2.75, 3.05) is 0 Å². The first-order valence-electron chi connectivity index (χ1n) is 4.31. The predicted octanol–water partition coefficient (Wildman–Crippen LogP) is 2.99. The van der Waals surface area contributed by atoms with Crippen LogP contribution in [0.4, 0.5) is 0 Å². The highest BCUT2D eigenvalue weighted by Gasteiger charge is 2.10. The molecule has 1 atom stereocenters. The van der Waals surface area contributed by atoms with Gasteiger partial charge in [0.2, 0.25) is 0 Å². The number of phenols is 1. The Morgan fingerprint density at radius 1 is 1.46 bits per heavy atom. The SMILES string of the molecule is CCC[C@@H](O)c1cc(O)ccc1Br. The third-order valence-electron chi connectivity index (χ3n) is 1.90. The lowest BCUT2D eigenvalue weighted by Crippen LogP contribution is -1.97. The lowest BCUT2D eigenvalue weighted by Gasteiger charge is -2.11. The van der Waals surface area contributed by atoms with Crippen LogP contribution in [0, 0.1) is 0 Å². The van der Waals surface area contributed by atoms with Gasteiger partial charge in [-0.1, -0.05) is 29.3 Å². The van der Waals surface area contributed by atoms with E-state index in [4.69, 9.17) is 0 Å². The van der Waals surface area contributed by atoms with Gasteiger partial charge in [-0.05, 0) is 30.2 Å². The van der Waals surface area contributed by atoms with E-state index in [1.54, 1.807) is 18.2 Å². The van der Waals surface area contributed by atoms with E-state index in [2.05, 4.69) is 15.9 Å². The summed E-state index contributed by atoms with van der Waals surface area (Å²) in [5.41, 5.74) is 0.752. The average molecular weight is 245 g/mol. The van der Waals surface area contributed by atoms with E-state index < -0.39 is 6.10 Å². The largest absolute Gasteiger partial charge is 0.508 e. The van der Waals surface area contributed by atoms with Crippen LogP contribution < -0.4 is 0 Å². The minimum absolute atomic E-state index is 0.188. The number of aliphatic hydroxyl groups excluding tert-OH is 1. The fourth-order valence-electron chi connectivity index (χ4n) is 1.22. The number of halogens is 1. The normalized spacial score (nSPS) is 12.8. The molecule has 0 aliphatic rings. The van der Waals surface area contributed by atoms with E-state index in [1.165, 1.54) is 0 Å². The smallest absolute Gasteiger partial charge is 0.116 e. The Hall–Kier alpha value is -0.540. The molecule has 72 valence electrons. The monoisotopic (exact) mass is 244 g/mol. The zero-order valence-corrected chi connectivity index (χ0v) is 9.08. The maximum Gasteiger partial charge on any atom is 0.116 e. The molecule has 0 bridgehead atoms. The molecular weight excluding hydrogens is 232 g/mol. The van der Waals surface area contributed by atoms with Gasteiger partial charge in [0.05, 0.1) is 6.10 Å². The number of aromatic hydroxyl groups is 1. The number of hydrogen-bond acceptors (Lipinski definition) is 2. The Kier molecular flexibility index (Phi) is 3.75. The van der Waals surface area contributed by atoms with E-state index in [0.717, 1.165) is 16.5 Å². The lowest BCUT2D eigenvalue weighted by molar-refractivity contribution is 0.165. The number of phenolic OH excluding ortho intramolecular Hbond substituents is 1. The summed E-state index contributed by atoms with van der Waals surface area (Å²) in [6.45, 7) is 2.01. The van der Waals surface area contributed by atoms with Crippen LogP contribution >= 0.6 is 15.9 Å². The van der Waals surface area contributed by atoms with Crippen LogP contribution in [0.1, 0.15) is 31.4 Å². The average Bonchev–Trinajstić information content (AvgIpc) is 2.09. The van der Waals surface area contributed by atoms with Gasteiger partial charge in [-0.3, -0.25) is 0 Å². The molecule has 0 amide bonds. The Bertz CT molecular complexity index is 286. The molecule has 1 rings (SSSR count). The first-order chi connectivity index (χ1) is 6.15. The summed E-state index contributed by atoms with van der Waals surface area (Å²) in [6, 6.07) is 4.92. The highest BCUT2D eigenvalue weighted by Crippen LogP contribution is 2.29. The quantitative estimate of drug-likeness (QED) is 0.859. The van der Waals surface area contributed by atoms with Crippen LogP contribution in [-0.2, 0) is 0 Å². The van der Waals surface area contributed by atoms with Crippen LogP contribution in [0.3, 0.4) is 0 Å². The van der Waals surface area contributed by atoms with E-state index >= 15 is 0 Å². The molecule has 1 aromatic rings. The summed E-state index contributed by atoms with van der Waals surface area (Å²) in [4.78, 5) is 0. The molecule has 0 aliphatic heterocycles. The van der Waals surface area contributed by atoms with Gasteiger partial charge in [0.15, 0.2) is 0 Å². The number of hydrogen-bond donors (Lipinski definition) is 2. The Balaban J connectivity index is 2.91. The Morgan fingerprint density at radius 3 is 2.77 bits per heavy atom. The molecule has 0 saturated carbocycles. The minimum atomic E-state index is -0.494. The van der Waals surface area contributed by atoms with Gasteiger partial charge in [-0.25, -0.2) is 0 Å². The second-order valence-corrected chi connectivity index (χ2v) is 3.86. The summed E-state index contributed by atoms with van der Waals surface area (Å²) >= 11 is 3.33. The minimum Gasteiger partial charge on any atom is -0.508 e. The van der Waals surface area contributed by atoms with Crippen LogP contribution in [-0.4, -0.2) is 10.2 Å². The van der Waals surface area contributed by atoms with Gasteiger partial charge in [-0.15, -0.1) is 0 Å². The number of benzene rings is 1. The van der Waals surface area contributed by atoms with Crippen molar-refractivity contribution in [3.63, 3.8) is 0 Å². The fourth-order valence-corrected chi connectivity index (χ4v) is 1.73. The van der Waals surface area contributed by atoms with E-state index in [-0.39, 0.29) is 5.75 Å². The molecular formula is C10H13BrO2. The molecule has 0 heterocycles. The second-order valence-electron chi connectivity index (χ2n) is 3.01. The molecule has 3 heteroatoms. The van der Waals surface area contributed by atoms with E-state index in [1.807, 2.05) is 6.92 Å². The summed E-state index contributed by atoms with van der Waals surface area (Å²) in [7, 11) is 0. The lowest BCUT2D eigenvalue weighted by atomic mass is 10.1. The van der Waals surface area contributed by atoms with Crippen molar-refractivity contribution in [3.05, 3.63) is 28.2 Å². The zero-order valence-electron chi connectivity index (χ0n) is 7.50. The summed E-state index contributed by atoms with van der Waals surface area (Å²) in [5.74, 6) is 0.188. The maximum absolute atomic E-state index is 9.68. The van der Waals surface area contributed by atoms with Gasteiger partial charge in [0, 0.05) is 4.47 Å². The maximum atomic E-state index is 9.68. The van der Waals surface area contributed by atoms with Gasteiger partial charge in [0.25, 0.3) is 0 Å². The van der Waals surface area contributed by atoms with Gasteiger partial charge >= 0.3 is 0 Å². The van der Waals surface area contributed by atoms with Crippen molar-refractivity contribution < 1.29 is 10.2 Å². The molecule has 1 aromatic carbocycles. The van der Waals surface area contributed by atoms with Crippen molar-refractivity contribution in [1.29, 1.82) is 0 Å². The molecule has 0 unspecified atom stereocenters. The van der Waals surface area contributed by atoms with Gasteiger partial charge < -0.3 is 10.2 Å². The van der Waals surface area contributed by atoms with E-state index in [0.29, 0.717) is 6.42 Å². The second kappa shape index (κ2) is 4.63. The van der Waals surface area contributed by atoms with Gasteiger partial charge in [0.1, 0.15) is 5.75 Å². The molecule has 0 aromatic heterocycles. The molecule has 0 saturated heterocycles. The highest BCUT2D eigenvalue weighted by atomic mass is 79.9. The summed E-state index contributed by atoms with van der Waals surface area (Å²) in [6.07, 6.45) is 1.14. The highest BCUT2D eigenvalue weighted by molar-refractivity contribution is 9.10. The number of aliphatic hydroxyl groups is 1. The van der Waals surface area contributed by atoms with Crippen LogP contribution in [0.2, 0.25) is 0 Å². The third kappa shape index (κ3) is 2.71. The Labute approximate surface area is 86.3 Å². The van der Waals surface area contributed by atoms with Crippen LogP contribution in [0.15, 0.2) is 22.7 Å². The molecule has 0 aliphatic carbocycles. The summed E-state index contributed by atoms with van der Waals surface area (Å²) in [5, 5.41) is 18.9. The standard InChI is InChI=1S/C10H13BrO2/c1-2-3-10(13)8-6-7(12)4-5-9(8)11/h4-6,10,12-13H,2-3H2,1H3/t10-/m1/s1. The zero-order chi connectivity index (χ0) is 9.84. The van der Waals surface area contributed by atoms with Crippen molar-refractivity contribution in [2.24, 2.45) is 0 Å². The Morgan fingerprint density at radius 2 is 2.15 bits per heavy atom. The van der Waals surface area contributed by atoms with Crippen molar-refractivity contribution >= 4 is 15.9 Å². The molecule has 2 nitrogen and oxygen atoms in total. The first-order valence-corrected chi connectivity index (χ1v) is 5.11. The third-order valence-corrected chi connectivity index (χ3v) is 2.62. The van der Waals surface area contributed by atoms with Crippen molar-refractivity contribution in [1.82, 2.24) is 0 Å². The molecule has 0 fully saturated rings. The molecule has 0 spiro atoms. The molecule has 13 heavy (non-hydrogen) atoms. The van der Waals surface area contributed by atoms with Crippen molar-refractivity contribution in [3.8, 4) is 5.75 Å². The molecule has 2 N–H and O–H groups in total. The van der Waals surface area contributed by atoms with Gasteiger partial charge in [-0.2, -0.15) is 0 Å². The number of rotatable bonds is 3. The van der Waals surface area contributed by atoms with Crippen LogP contribution in [0.5, 0.6) is 5.75 Å². The first kappa shape index (κ1) is 10.5. The fraction of sp³-hybridized carbons (Fsp3) is 0.400. The summed E-state index contributed by atoms with van der Waals surface area (Å²) < 4.78 is 0.839. The molecule has 0 radical (unpaired) electrons.